The van der Waals surface area contributed by atoms with Gasteiger partial charge in [0.2, 0.25) is 5.88 Å². The molecule has 1 fully saturated rings. The van der Waals surface area contributed by atoms with E-state index in [-0.39, 0.29) is 29.3 Å². The van der Waals surface area contributed by atoms with Crippen molar-refractivity contribution in [3.05, 3.63) is 83.8 Å². The highest BCUT2D eigenvalue weighted by molar-refractivity contribution is 6.05. The van der Waals surface area contributed by atoms with Gasteiger partial charge in [-0.25, -0.2) is 9.97 Å². The van der Waals surface area contributed by atoms with Crippen LogP contribution in [0.1, 0.15) is 45.2 Å². The summed E-state index contributed by atoms with van der Waals surface area (Å²) in [5, 5.41) is 3.74. The van der Waals surface area contributed by atoms with Gasteiger partial charge in [0, 0.05) is 42.6 Å². The average Bonchev–Trinajstić information content (AvgIpc) is 3.40. The Morgan fingerprint density at radius 2 is 1.84 bits per heavy atom. The molecule has 196 valence electrons. The molecule has 2 N–H and O–H groups in total. The van der Waals surface area contributed by atoms with Crippen molar-refractivity contribution in [2.24, 2.45) is 0 Å². The van der Waals surface area contributed by atoms with Crippen molar-refractivity contribution in [3.63, 3.8) is 0 Å². The summed E-state index contributed by atoms with van der Waals surface area (Å²) >= 11 is 0. The van der Waals surface area contributed by atoms with Crippen LogP contribution in [0.3, 0.4) is 0 Å². The highest BCUT2D eigenvalue weighted by Crippen LogP contribution is 2.30. The zero-order chi connectivity index (χ0) is 26.7. The van der Waals surface area contributed by atoms with Crippen LogP contribution in [-0.4, -0.2) is 57.5 Å². The summed E-state index contributed by atoms with van der Waals surface area (Å²) in [4.78, 5) is 38.3. The number of fused-ring (bicyclic) bond motifs is 1. The second-order valence-electron chi connectivity index (χ2n) is 9.05. The van der Waals surface area contributed by atoms with E-state index in [0.717, 1.165) is 29.4 Å². The van der Waals surface area contributed by atoms with E-state index in [2.05, 4.69) is 25.0 Å². The first-order valence-corrected chi connectivity index (χ1v) is 12.1. The highest BCUT2D eigenvalue weighted by atomic mass is 19.4. The normalized spacial score (nSPS) is 14.4. The summed E-state index contributed by atoms with van der Waals surface area (Å²) < 4.78 is 41.9. The molecule has 8 nitrogen and oxygen atoms in total. The molecule has 4 heterocycles. The lowest BCUT2D eigenvalue weighted by Crippen LogP contribution is -2.38. The minimum Gasteiger partial charge on any atom is -0.468 e. The first kappa shape index (κ1) is 25.2. The van der Waals surface area contributed by atoms with Gasteiger partial charge in [0.25, 0.3) is 11.8 Å². The molecule has 4 aromatic rings. The third-order valence-electron chi connectivity index (χ3n) is 6.41. The minimum absolute atomic E-state index is 0.0501. The monoisotopic (exact) mass is 523 g/mol. The minimum atomic E-state index is -4.48. The maximum absolute atomic E-state index is 12.9. The van der Waals surface area contributed by atoms with Crippen LogP contribution in [-0.2, 0) is 0 Å². The fourth-order valence-electron chi connectivity index (χ4n) is 4.45. The molecule has 0 bridgehead atoms. The van der Waals surface area contributed by atoms with E-state index in [0.29, 0.717) is 24.3 Å². The smallest absolute Gasteiger partial charge is 0.422 e. The molecular formula is C27H24F3N5O3. The SMILES string of the molecule is O=C(Nc1ccc(C2CCN(C(=O)c3cccc(OCC(F)(F)F)n3)CC2)cc1)c1cnc2[nH]ccc2c1. The van der Waals surface area contributed by atoms with Gasteiger partial charge in [0.15, 0.2) is 6.61 Å². The predicted molar refractivity (Wildman–Crippen MR) is 134 cm³/mol. The van der Waals surface area contributed by atoms with E-state index in [1.54, 1.807) is 17.2 Å². The molecule has 1 aliphatic heterocycles. The number of carbonyl (C=O) groups is 2. The van der Waals surface area contributed by atoms with Crippen molar-refractivity contribution in [1.82, 2.24) is 19.9 Å². The number of aromatic amines is 1. The fourth-order valence-corrected chi connectivity index (χ4v) is 4.45. The summed E-state index contributed by atoms with van der Waals surface area (Å²) in [5.74, 6) is -0.595. The van der Waals surface area contributed by atoms with Crippen molar-refractivity contribution >= 4 is 28.5 Å². The van der Waals surface area contributed by atoms with Gasteiger partial charge in [-0.3, -0.25) is 9.59 Å². The number of carbonyl (C=O) groups excluding carboxylic acids is 2. The molecule has 11 heteroatoms. The topological polar surface area (TPSA) is 100 Å². The van der Waals surface area contributed by atoms with E-state index in [9.17, 15) is 22.8 Å². The molecule has 1 aromatic carbocycles. The first-order chi connectivity index (χ1) is 18.2. The Hall–Kier alpha value is -4.41. The fraction of sp³-hybridized carbons (Fsp3) is 0.259. The second kappa shape index (κ2) is 10.5. The van der Waals surface area contributed by atoms with Crippen LogP contribution in [0.4, 0.5) is 18.9 Å². The van der Waals surface area contributed by atoms with Crippen molar-refractivity contribution < 1.29 is 27.5 Å². The van der Waals surface area contributed by atoms with Gasteiger partial charge in [-0.2, -0.15) is 13.2 Å². The van der Waals surface area contributed by atoms with Crippen molar-refractivity contribution in [1.29, 1.82) is 0 Å². The molecule has 2 amide bonds. The third kappa shape index (κ3) is 5.93. The summed E-state index contributed by atoms with van der Waals surface area (Å²) in [6.07, 6.45) is 0.264. The highest BCUT2D eigenvalue weighted by Gasteiger charge is 2.29. The van der Waals surface area contributed by atoms with Crippen LogP contribution in [0.15, 0.2) is 67.0 Å². The Morgan fingerprint density at radius 1 is 1.08 bits per heavy atom. The average molecular weight is 524 g/mol. The van der Waals surface area contributed by atoms with Gasteiger partial charge < -0.3 is 19.9 Å². The Balaban J connectivity index is 1.15. The number of amides is 2. The molecule has 0 unspecified atom stereocenters. The summed E-state index contributed by atoms with van der Waals surface area (Å²) in [7, 11) is 0. The second-order valence-corrected chi connectivity index (χ2v) is 9.05. The van der Waals surface area contributed by atoms with Crippen molar-refractivity contribution in [2.75, 3.05) is 25.0 Å². The number of halogens is 3. The molecule has 0 saturated carbocycles. The Bertz CT molecular complexity index is 1440. The Morgan fingerprint density at radius 3 is 2.58 bits per heavy atom. The number of aromatic nitrogens is 3. The number of H-pyrrole nitrogens is 1. The predicted octanol–water partition coefficient (Wildman–Crippen LogP) is 5.17. The quantitative estimate of drug-likeness (QED) is 0.363. The molecular weight excluding hydrogens is 499 g/mol. The lowest BCUT2D eigenvalue weighted by atomic mass is 9.89. The van der Waals surface area contributed by atoms with Gasteiger partial charge in [0.05, 0.1) is 5.56 Å². The molecule has 0 spiro atoms. The first-order valence-electron chi connectivity index (χ1n) is 12.1. The number of nitrogens with one attached hydrogen (secondary N) is 2. The number of piperidine rings is 1. The molecule has 3 aromatic heterocycles. The largest absolute Gasteiger partial charge is 0.468 e. The summed E-state index contributed by atoms with van der Waals surface area (Å²) in [6, 6.07) is 15.5. The molecule has 5 rings (SSSR count). The van der Waals surface area contributed by atoms with Gasteiger partial charge in [-0.15, -0.1) is 0 Å². The maximum Gasteiger partial charge on any atom is 0.422 e. The number of pyridine rings is 2. The number of hydrogen-bond acceptors (Lipinski definition) is 5. The number of alkyl halides is 3. The van der Waals surface area contributed by atoms with Crippen LogP contribution in [0.25, 0.3) is 11.0 Å². The molecule has 0 radical (unpaired) electrons. The molecule has 0 atom stereocenters. The molecule has 1 saturated heterocycles. The van der Waals surface area contributed by atoms with Crippen LogP contribution < -0.4 is 10.1 Å². The van der Waals surface area contributed by atoms with Crippen LogP contribution >= 0.6 is 0 Å². The summed E-state index contributed by atoms with van der Waals surface area (Å²) in [6.45, 7) is -0.482. The Kier molecular flexibility index (Phi) is 6.99. The van der Waals surface area contributed by atoms with Crippen LogP contribution in [0, 0.1) is 0 Å². The Labute approximate surface area is 215 Å². The number of hydrogen-bond donors (Lipinski definition) is 2. The molecule has 0 aliphatic carbocycles. The van der Waals surface area contributed by atoms with Crippen LogP contribution in [0.5, 0.6) is 5.88 Å². The van der Waals surface area contributed by atoms with Crippen LogP contribution in [0.2, 0.25) is 0 Å². The van der Waals surface area contributed by atoms with Gasteiger partial charge in [-0.1, -0.05) is 18.2 Å². The van der Waals surface area contributed by atoms with E-state index in [4.69, 9.17) is 0 Å². The van der Waals surface area contributed by atoms with Crippen molar-refractivity contribution in [3.8, 4) is 5.88 Å². The zero-order valence-corrected chi connectivity index (χ0v) is 20.2. The van der Waals surface area contributed by atoms with Gasteiger partial charge in [0.1, 0.15) is 11.3 Å². The van der Waals surface area contributed by atoms with E-state index >= 15 is 0 Å². The number of anilines is 1. The lowest BCUT2D eigenvalue weighted by molar-refractivity contribution is -0.154. The number of rotatable bonds is 6. The van der Waals surface area contributed by atoms with E-state index < -0.39 is 12.8 Å². The van der Waals surface area contributed by atoms with Gasteiger partial charge in [-0.05, 0) is 54.7 Å². The summed E-state index contributed by atoms with van der Waals surface area (Å²) in [5.41, 5.74) is 3.00. The molecule has 1 aliphatic rings. The lowest BCUT2D eigenvalue weighted by Gasteiger charge is -2.32. The number of nitrogens with zero attached hydrogens (tertiary/aromatic N) is 3. The maximum atomic E-state index is 12.9. The molecule has 38 heavy (non-hydrogen) atoms. The number of benzene rings is 1. The standard InChI is InChI=1S/C27H24F3N5O3/c28-27(29,30)16-38-23-3-1-2-22(34-23)26(37)35-12-9-18(10-13-35)17-4-6-21(7-5-17)33-25(36)20-14-19-8-11-31-24(19)32-15-20/h1-8,11,14-15,18H,9-10,12-13,16H2,(H,31,32)(H,33,36). The number of likely N-dealkylation sites (tertiary alicyclic amines) is 1. The van der Waals surface area contributed by atoms with Gasteiger partial charge >= 0.3 is 6.18 Å². The number of ether oxygens (including phenoxy) is 1. The van der Waals surface area contributed by atoms with Crippen molar-refractivity contribution in [2.45, 2.75) is 24.9 Å². The third-order valence-corrected chi connectivity index (χ3v) is 6.41. The van der Waals surface area contributed by atoms with E-state index in [1.165, 1.54) is 24.4 Å². The zero-order valence-electron chi connectivity index (χ0n) is 20.2. The van der Waals surface area contributed by atoms with E-state index in [1.807, 2.05) is 30.3 Å².